The van der Waals surface area contributed by atoms with Crippen LogP contribution < -0.4 is 0 Å². The van der Waals surface area contributed by atoms with Crippen LogP contribution in [-0.4, -0.2) is 50.7 Å². The smallest absolute Gasteiger partial charge is 0.247 e. The SMILES string of the molecule is O=C(/C=C/c1ccncc1)N1CCC(N(Cc2ccccc2)C(=O)/C=C/c2ccncc2)C1. The Kier molecular flexibility index (Phi) is 7.38. The third-order valence-electron chi connectivity index (χ3n) is 5.64. The molecule has 1 atom stereocenters. The van der Waals surface area contributed by atoms with Gasteiger partial charge in [0.15, 0.2) is 0 Å². The van der Waals surface area contributed by atoms with E-state index in [0.29, 0.717) is 19.6 Å². The summed E-state index contributed by atoms with van der Waals surface area (Å²) in [7, 11) is 0. The van der Waals surface area contributed by atoms with Gasteiger partial charge in [0.1, 0.15) is 0 Å². The predicted molar refractivity (Wildman–Crippen MR) is 129 cm³/mol. The van der Waals surface area contributed by atoms with Crippen molar-refractivity contribution in [3.63, 3.8) is 0 Å². The zero-order chi connectivity index (χ0) is 22.9. The molecule has 0 radical (unpaired) electrons. The van der Waals surface area contributed by atoms with Crippen LogP contribution in [0.4, 0.5) is 0 Å². The van der Waals surface area contributed by atoms with Crippen molar-refractivity contribution in [1.82, 2.24) is 19.8 Å². The van der Waals surface area contributed by atoms with E-state index in [1.165, 1.54) is 0 Å². The number of carbonyl (C=O) groups is 2. The molecule has 33 heavy (non-hydrogen) atoms. The number of aromatic nitrogens is 2. The Morgan fingerprint density at radius 3 is 2.12 bits per heavy atom. The highest BCUT2D eigenvalue weighted by molar-refractivity contribution is 5.93. The van der Waals surface area contributed by atoms with Gasteiger partial charge in [0.05, 0.1) is 6.04 Å². The van der Waals surface area contributed by atoms with Gasteiger partial charge in [-0.1, -0.05) is 30.3 Å². The lowest BCUT2D eigenvalue weighted by atomic mass is 10.1. The minimum atomic E-state index is -0.0673. The summed E-state index contributed by atoms with van der Waals surface area (Å²) >= 11 is 0. The molecule has 1 unspecified atom stereocenters. The van der Waals surface area contributed by atoms with Gasteiger partial charge >= 0.3 is 0 Å². The number of nitrogens with zero attached hydrogens (tertiary/aromatic N) is 4. The number of carbonyl (C=O) groups excluding carboxylic acids is 2. The van der Waals surface area contributed by atoms with Crippen LogP contribution in [0.5, 0.6) is 0 Å². The molecule has 1 aliphatic rings. The fraction of sp³-hybridized carbons (Fsp3) is 0.185. The summed E-state index contributed by atoms with van der Waals surface area (Å²) in [6.07, 6.45) is 14.3. The van der Waals surface area contributed by atoms with E-state index in [1.54, 1.807) is 54.0 Å². The average Bonchev–Trinajstić information content (AvgIpc) is 3.36. The van der Waals surface area contributed by atoms with Gasteiger partial charge in [-0.05, 0) is 59.5 Å². The quantitative estimate of drug-likeness (QED) is 0.526. The predicted octanol–water partition coefficient (Wildman–Crippen LogP) is 3.83. The summed E-state index contributed by atoms with van der Waals surface area (Å²) in [6, 6.07) is 17.3. The van der Waals surface area contributed by atoms with Gasteiger partial charge in [0.2, 0.25) is 11.8 Å². The molecule has 6 nitrogen and oxygen atoms in total. The molecule has 6 heteroatoms. The van der Waals surface area contributed by atoms with Crippen LogP contribution in [0, 0.1) is 0 Å². The fourth-order valence-corrected chi connectivity index (χ4v) is 3.85. The molecule has 0 N–H and O–H groups in total. The second kappa shape index (κ2) is 11.0. The fourth-order valence-electron chi connectivity index (χ4n) is 3.85. The molecule has 0 spiro atoms. The topological polar surface area (TPSA) is 66.4 Å². The molecule has 166 valence electrons. The molecular weight excluding hydrogens is 412 g/mol. The molecular formula is C27H26N4O2. The van der Waals surface area contributed by atoms with E-state index in [-0.39, 0.29) is 17.9 Å². The molecule has 3 aromatic rings. The first-order chi connectivity index (χ1) is 16.2. The molecule has 2 aromatic heterocycles. The van der Waals surface area contributed by atoms with E-state index >= 15 is 0 Å². The number of hydrogen-bond donors (Lipinski definition) is 0. The van der Waals surface area contributed by atoms with Crippen molar-refractivity contribution < 1.29 is 9.59 Å². The van der Waals surface area contributed by atoms with Gasteiger partial charge in [-0.25, -0.2) is 0 Å². The number of rotatable bonds is 7. The summed E-state index contributed by atoms with van der Waals surface area (Å²) < 4.78 is 0. The Hall–Kier alpha value is -4.06. The lowest BCUT2D eigenvalue weighted by molar-refractivity contribution is -0.130. The van der Waals surface area contributed by atoms with E-state index in [4.69, 9.17) is 0 Å². The molecule has 1 aromatic carbocycles. The Morgan fingerprint density at radius 2 is 1.48 bits per heavy atom. The molecule has 1 saturated heterocycles. The third-order valence-corrected chi connectivity index (χ3v) is 5.64. The van der Waals surface area contributed by atoms with E-state index in [1.807, 2.05) is 59.5 Å². The van der Waals surface area contributed by atoms with E-state index in [2.05, 4.69) is 9.97 Å². The first kappa shape index (κ1) is 22.1. The zero-order valence-electron chi connectivity index (χ0n) is 18.3. The Labute approximate surface area is 193 Å². The maximum Gasteiger partial charge on any atom is 0.247 e. The molecule has 1 fully saturated rings. The first-order valence-electron chi connectivity index (χ1n) is 11.0. The van der Waals surface area contributed by atoms with Crippen LogP contribution in [0.25, 0.3) is 12.2 Å². The lowest BCUT2D eigenvalue weighted by Crippen LogP contribution is -2.41. The van der Waals surface area contributed by atoms with Gasteiger partial charge in [-0.2, -0.15) is 0 Å². The molecule has 0 aliphatic carbocycles. The first-order valence-corrected chi connectivity index (χ1v) is 11.0. The standard InChI is InChI=1S/C27H26N4O2/c32-26(8-6-22-10-15-28-16-11-22)30-19-14-25(21-30)31(20-24-4-2-1-3-5-24)27(33)9-7-23-12-17-29-18-13-23/h1-13,15-18,25H,14,19-21H2/b8-6+,9-7+. The van der Waals surface area contributed by atoms with Crippen molar-refractivity contribution in [2.24, 2.45) is 0 Å². The Bertz CT molecular complexity index is 1110. The van der Waals surface area contributed by atoms with Gasteiger partial charge in [0.25, 0.3) is 0 Å². The third kappa shape index (κ3) is 6.23. The summed E-state index contributed by atoms with van der Waals surface area (Å²) in [5, 5.41) is 0. The number of benzene rings is 1. The van der Waals surface area contributed by atoms with Gasteiger partial charge < -0.3 is 9.80 Å². The van der Waals surface area contributed by atoms with Crippen molar-refractivity contribution in [3.8, 4) is 0 Å². The number of pyridine rings is 2. The van der Waals surface area contributed by atoms with Crippen LogP contribution in [0.1, 0.15) is 23.1 Å². The van der Waals surface area contributed by atoms with Crippen LogP contribution >= 0.6 is 0 Å². The van der Waals surface area contributed by atoms with Gasteiger partial charge in [-0.15, -0.1) is 0 Å². The van der Waals surface area contributed by atoms with Crippen molar-refractivity contribution in [3.05, 3.63) is 108 Å². The van der Waals surface area contributed by atoms with Crippen LogP contribution in [0.3, 0.4) is 0 Å². The summed E-state index contributed by atoms with van der Waals surface area (Å²) in [6.45, 7) is 1.64. The second-order valence-electron chi connectivity index (χ2n) is 7.91. The van der Waals surface area contributed by atoms with Crippen molar-refractivity contribution in [2.75, 3.05) is 13.1 Å². The minimum absolute atomic E-state index is 0.0435. The average molecular weight is 439 g/mol. The van der Waals surface area contributed by atoms with Crippen molar-refractivity contribution in [1.29, 1.82) is 0 Å². The zero-order valence-corrected chi connectivity index (χ0v) is 18.3. The second-order valence-corrected chi connectivity index (χ2v) is 7.91. The molecule has 1 aliphatic heterocycles. The number of hydrogen-bond acceptors (Lipinski definition) is 4. The van der Waals surface area contributed by atoms with Crippen LogP contribution in [-0.2, 0) is 16.1 Å². The highest BCUT2D eigenvalue weighted by atomic mass is 16.2. The van der Waals surface area contributed by atoms with E-state index in [9.17, 15) is 9.59 Å². The number of amides is 2. The van der Waals surface area contributed by atoms with Crippen molar-refractivity contribution in [2.45, 2.75) is 19.0 Å². The maximum absolute atomic E-state index is 13.2. The van der Waals surface area contributed by atoms with Crippen molar-refractivity contribution >= 4 is 24.0 Å². The van der Waals surface area contributed by atoms with Gasteiger partial charge in [0, 0.05) is 56.6 Å². The molecule has 0 saturated carbocycles. The summed E-state index contributed by atoms with van der Waals surface area (Å²) in [5.74, 6) is -0.115. The summed E-state index contributed by atoms with van der Waals surface area (Å²) in [4.78, 5) is 37.6. The normalized spacial score (nSPS) is 15.9. The molecule has 4 rings (SSSR count). The lowest BCUT2D eigenvalue weighted by Gasteiger charge is -2.28. The maximum atomic E-state index is 13.2. The van der Waals surface area contributed by atoms with E-state index < -0.39 is 0 Å². The molecule has 0 bridgehead atoms. The monoisotopic (exact) mass is 438 g/mol. The number of likely N-dealkylation sites (tertiary alicyclic amines) is 1. The minimum Gasteiger partial charge on any atom is -0.337 e. The highest BCUT2D eigenvalue weighted by Gasteiger charge is 2.31. The molecule has 2 amide bonds. The largest absolute Gasteiger partial charge is 0.337 e. The van der Waals surface area contributed by atoms with Crippen LogP contribution in [0.15, 0.2) is 91.5 Å². The van der Waals surface area contributed by atoms with Crippen LogP contribution in [0.2, 0.25) is 0 Å². The Morgan fingerprint density at radius 1 is 0.879 bits per heavy atom. The Balaban J connectivity index is 1.46. The highest BCUT2D eigenvalue weighted by Crippen LogP contribution is 2.20. The van der Waals surface area contributed by atoms with Gasteiger partial charge in [-0.3, -0.25) is 19.6 Å². The summed E-state index contributed by atoms with van der Waals surface area (Å²) in [5.41, 5.74) is 2.91. The molecule has 3 heterocycles. The van der Waals surface area contributed by atoms with E-state index in [0.717, 1.165) is 23.1 Å².